The van der Waals surface area contributed by atoms with Crippen LogP contribution in [0.25, 0.3) is 0 Å². The molecule has 1 saturated carbocycles. The van der Waals surface area contributed by atoms with Gasteiger partial charge in [-0.05, 0) is 31.7 Å². The summed E-state index contributed by atoms with van der Waals surface area (Å²) < 4.78 is 10.7. The molecule has 1 aromatic carbocycles. The number of hydrogen-bond acceptors (Lipinski definition) is 5. The molecule has 1 unspecified atom stereocenters. The number of carbonyl (C=O) groups excluding carboxylic acids is 1. The number of nitrogens with one attached hydrogen (secondary N) is 1. The molecule has 1 aromatic heterocycles. The lowest BCUT2D eigenvalue weighted by molar-refractivity contribution is -0.136. The number of aryl methyl sites for hydroxylation is 1. The van der Waals surface area contributed by atoms with Crippen molar-refractivity contribution in [1.82, 2.24) is 15.5 Å². The van der Waals surface area contributed by atoms with Gasteiger partial charge in [-0.1, -0.05) is 35.5 Å². The van der Waals surface area contributed by atoms with Crippen molar-refractivity contribution in [3.05, 3.63) is 47.6 Å². The van der Waals surface area contributed by atoms with E-state index >= 15 is 0 Å². The molecular formula is C17H21N3O3. The van der Waals surface area contributed by atoms with Crippen LogP contribution in [0, 0.1) is 6.92 Å². The molecule has 6 heteroatoms. The van der Waals surface area contributed by atoms with Crippen LogP contribution in [0.2, 0.25) is 0 Å². The van der Waals surface area contributed by atoms with Crippen LogP contribution in [0.3, 0.4) is 0 Å². The van der Waals surface area contributed by atoms with Crippen LogP contribution >= 0.6 is 0 Å². The third kappa shape index (κ3) is 3.42. The van der Waals surface area contributed by atoms with Gasteiger partial charge in [0.1, 0.15) is 11.6 Å². The summed E-state index contributed by atoms with van der Waals surface area (Å²) in [6.45, 7) is 3.91. The van der Waals surface area contributed by atoms with Crippen LogP contribution in [-0.2, 0) is 21.7 Å². The van der Waals surface area contributed by atoms with Crippen molar-refractivity contribution in [1.29, 1.82) is 0 Å². The molecule has 0 saturated heterocycles. The summed E-state index contributed by atoms with van der Waals surface area (Å²) in [7, 11) is 0. The Hall–Kier alpha value is -2.21. The molecule has 1 fully saturated rings. The highest BCUT2D eigenvalue weighted by atomic mass is 16.5. The first kappa shape index (κ1) is 15.7. The van der Waals surface area contributed by atoms with Gasteiger partial charge in [-0.2, -0.15) is 4.98 Å². The van der Waals surface area contributed by atoms with Crippen molar-refractivity contribution in [2.45, 2.75) is 51.4 Å². The molecule has 1 atom stereocenters. The van der Waals surface area contributed by atoms with Crippen LogP contribution in [0.5, 0.6) is 0 Å². The van der Waals surface area contributed by atoms with E-state index in [1.54, 1.807) is 13.8 Å². The minimum Gasteiger partial charge on any atom is -0.364 e. The Bertz CT molecular complexity index is 665. The first-order chi connectivity index (χ1) is 11.1. The molecule has 1 heterocycles. The van der Waals surface area contributed by atoms with Gasteiger partial charge in [0.25, 0.3) is 0 Å². The SMILES string of the molecule is Cc1nc(C2(NC(=O)C(C)OCc3ccccc3)CCC2)no1. The topological polar surface area (TPSA) is 77.2 Å². The highest BCUT2D eigenvalue weighted by Crippen LogP contribution is 2.39. The van der Waals surface area contributed by atoms with Gasteiger partial charge in [-0.15, -0.1) is 0 Å². The normalized spacial score (nSPS) is 17.3. The first-order valence-electron chi connectivity index (χ1n) is 7.87. The van der Waals surface area contributed by atoms with Gasteiger partial charge >= 0.3 is 0 Å². The average molecular weight is 315 g/mol. The second-order valence-electron chi connectivity index (χ2n) is 6.00. The summed E-state index contributed by atoms with van der Waals surface area (Å²) in [5.41, 5.74) is 0.540. The zero-order chi connectivity index (χ0) is 16.3. The van der Waals surface area contributed by atoms with Crippen LogP contribution in [0.4, 0.5) is 0 Å². The summed E-state index contributed by atoms with van der Waals surface area (Å²) in [5, 5.41) is 7.02. The molecule has 0 bridgehead atoms. The molecule has 0 spiro atoms. The number of hydrogen-bond donors (Lipinski definition) is 1. The van der Waals surface area contributed by atoms with Gasteiger partial charge in [0.15, 0.2) is 5.82 Å². The fourth-order valence-corrected chi connectivity index (χ4v) is 2.64. The fraction of sp³-hybridized carbons (Fsp3) is 0.471. The highest BCUT2D eigenvalue weighted by Gasteiger charge is 2.44. The Labute approximate surface area is 135 Å². The van der Waals surface area contributed by atoms with E-state index in [1.807, 2.05) is 30.3 Å². The van der Waals surface area contributed by atoms with Crippen LogP contribution < -0.4 is 5.32 Å². The molecule has 1 amide bonds. The Morgan fingerprint density at radius 1 is 1.39 bits per heavy atom. The Morgan fingerprint density at radius 2 is 2.13 bits per heavy atom. The lowest BCUT2D eigenvalue weighted by Crippen LogP contribution is -2.54. The van der Waals surface area contributed by atoms with E-state index in [0.717, 1.165) is 24.8 Å². The zero-order valence-corrected chi connectivity index (χ0v) is 13.4. The van der Waals surface area contributed by atoms with Crippen molar-refractivity contribution in [3.8, 4) is 0 Å². The van der Waals surface area contributed by atoms with Crippen molar-refractivity contribution < 1.29 is 14.1 Å². The van der Waals surface area contributed by atoms with E-state index in [-0.39, 0.29) is 5.91 Å². The first-order valence-corrected chi connectivity index (χ1v) is 7.87. The molecule has 1 N–H and O–H groups in total. The van der Waals surface area contributed by atoms with Gasteiger partial charge in [0, 0.05) is 6.92 Å². The summed E-state index contributed by atoms with van der Waals surface area (Å²) in [4.78, 5) is 16.7. The minimum absolute atomic E-state index is 0.150. The van der Waals surface area contributed by atoms with E-state index in [2.05, 4.69) is 15.5 Å². The molecule has 1 aliphatic carbocycles. The molecule has 23 heavy (non-hydrogen) atoms. The van der Waals surface area contributed by atoms with Crippen molar-refractivity contribution in [2.24, 2.45) is 0 Å². The van der Waals surface area contributed by atoms with Gasteiger partial charge in [-0.25, -0.2) is 0 Å². The largest absolute Gasteiger partial charge is 0.364 e. The molecule has 122 valence electrons. The lowest BCUT2D eigenvalue weighted by atomic mass is 9.76. The maximum Gasteiger partial charge on any atom is 0.249 e. The molecule has 0 radical (unpaired) electrons. The molecular weight excluding hydrogens is 294 g/mol. The van der Waals surface area contributed by atoms with E-state index in [0.29, 0.717) is 18.3 Å². The summed E-state index contributed by atoms with van der Waals surface area (Å²) in [6.07, 6.45) is 2.14. The zero-order valence-electron chi connectivity index (χ0n) is 13.4. The monoisotopic (exact) mass is 315 g/mol. The Morgan fingerprint density at radius 3 is 2.70 bits per heavy atom. The number of ether oxygens (including phenoxy) is 1. The molecule has 3 rings (SSSR count). The smallest absolute Gasteiger partial charge is 0.249 e. The van der Waals surface area contributed by atoms with Crippen molar-refractivity contribution >= 4 is 5.91 Å². The Kier molecular flexibility index (Phi) is 4.43. The average Bonchev–Trinajstić information content (AvgIpc) is 2.96. The number of carbonyl (C=O) groups is 1. The van der Waals surface area contributed by atoms with Crippen LogP contribution in [0.15, 0.2) is 34.9 Å². The predicted molar refractivity (Wildman–Crippen MR) is 83.4 cm³/mol. The summed E-state index contributed by atoms with van der Waals surface area (Å²) in [5.74, 6) is 0.918. The van der Waals surface area contributed by atoms with Gasteiger partial charge in [0.05, 0.1) is 6.61 Å². The second-order valence-corrected chi connectivity index (χ2v) is 6.00. The summed E-state index contributed by atoms with van der Waals surface area (Å²) in [6, 6.07) is 9.80. The Balaban J connectivity index is 1.59. The number of aromatic nitrogens is 2. The standard InChI is InChI=1S/C17H21N3O3/c1-12(22-11-14-7-4-3-5-8-14)15(21)19-17(9-6-10-17)16-18-13(2)23-20-16/h3-5,7-8,12H,6,9-11H2,1-2H3,(H,19,21). The van der Waals surface area contributed by atoms with E-state index in [9.17, 15) is 4.79 Å². The lowest BCUT2D eigenvalue weighted by Gasteiger charge is -2.40. The van der Waals surface area contributed by atoms with E-state index in [4.69, 9.17) is 9.26 Å². The summed E-state index contributed by atoms with van der Waals surface area (Å²) >= 11 is 0. The predicted octanol–water partition coefficient (Wildman–Crippen LogP) is 2.48. The van der Waals surface area contributed by atoms with Crippen LogP contribution in [0.1, 0.15) is 43.5 Å². The van der Waals surface area contributed by atoms with Gasteiger partial charge in [-0.3, -0.25) is 4.79 Å². The maximum atomic E-state index is 12.4. The fourth-order valence-electron chi connectivity index (χ4n) is 2.64. The van der Waals surface area contributed by atoms with Crippen molar-refractivity contribution in [3.63, 3.8) is 0 Å². The minimum atomic E-state index is -0.541. The van der Waals surface area contributed by atoms with Crippen molar-refractivity contribution in [2.75, 3.05) is 0 Å². The number of benzene rings is 1. The number of rotatable bonds is 6. The molecule has 1 aliphatic rings. The molecule has 6 nitrogen and oxygen atoms in total. The highest BCUT2D eigenvalue weighted by molar-refractivity contribution is 5.81. The van der Waals surface area contributed by atoms with E-state index < -0.39 is 11.6 Å². The third-order valence-corrected chi connectivity index (χ3v) is 4.24. The maximum absolute atomic E-state index is 12.4. The molecule has 0 aliphatic heterocycles. The van der Waals surface area contributed by atoms with E-state index in [1.165, 1.54) is 0 Å². The quantitative estimate of drug-likeness (QED) is 0.886. The van der Waals surface area contributed by atoms with Crippen LogP contribution in [-0.4, -0.2) is 22.2 Å². The van der Waals surface area contributed by atoms with Gasteiger partial charge in [0.2, 0.25) is 11.8 Å². The molecule has 2 aromatic rings. The number of nitrogens with zero attached hydrogens (tertiary/aromatic N) is 2. The second kappa shape index (κ2) is 6.50. The third-order valence-electron chi connectivity index (χ3n) is 4.24. The number of amides is 1. The van der Waals surface area contributed by atoms with Gasteiger partial charge < -0.3 is 14.6 Å².